The van der Waals surface area contributed by atoms with E-state index in [1.54, 1.807) is 13.1 Å². The second kappa shape index (κ2) is 9.39. The number of hydrogen-bond acceptors (Lipinski definition) is 3. The van der Waals surface area contributed by atoms with Crippen molar-refractivity contribution in [3.8, 4) is 0 Å². The number of pyridine rings is 1. The van der Waals surface area contributed by atoms with Crippen LogP contribution in [0.25, 0.3) is 0 Å². The van der Waals surface area contributed by atoms with Gasteiger partial charge in [-0.3, -0.25) is 9.79 Å². The molecular formula is C19H31N5O. The van der Waals surface area contributed by atoms with Gasteiger partial charge in [0.25, 0.3) is 0 Å². The van der Waals surface area contributed by atoms with Gasteiger partial charge in [0.1, 0.15) is 5.82 Å². The standard InChI is InChI=1S/C19H31N5O/c1-4-19(11-5-6-12-19)14-22-18(20-3)21-13-10-17(25)24-16-9-7-8-15(2)23-16/h7-9H,4-6,10-14H2,1-3H3,(H2,20,21,22)(H,23,24,25). The third-order valence-electron chi connectivity index (χ3n) is 5.07. The summed E-state index contributed by atoms with van der Waals surface area (Å²) >= 11 is 0. The van der Waals surface area contributed by atoms with Crippen LogP contribution in [0.3, 0.4) is 0 Å². The van der Waals surface area contributed by atoms with Crippen molar-refractivity contribution in [3.63, 3.8) is 0 Å². The number of carbonyl (C=O) groups excluding carboxylic acids is 1. The smallest absolute Gasteiger partial charge is 0.227 e. The molecule has 0 atom stereocenters. The molecule has 25 heavy (non-hydrogen) atoms. The van der Waals surface area contributed by atoms with Crippen molar-refractivity contribution in [1.82, 2.24) is 15.6 Å². The zero-order chi connectivity index (χ0) is 18.1. The van der Waals surface area contributed by atoms with Crippen LogP contribution in [0.1, 0.15) is 51.1 Å². The Kier molecular flexibility index (Phi) is 7.22. The molecule has 6 heteroatoms. The number of aliphatic imine (C=N–C) groups is 1. The molecule has 0 aliphatic heterocycles. The summed E-state index contributed by atoms with van der Waals surface area (Å²) < 4.78 is 0. The number of amides is 1. The third kappa shape index (κ3) is 6.03. The number of hydrogen-bond donors (Lipinski definition) is 3. The molecule has 0 spiro atoms. The van der Waals surface area contributed by atoms with E-state index in [-0.39, 0.29) is 5.91 Å². The highest BCUT2D eigenvalue weighted by atomic mass is 16.1. The Bertz CT molecular complexity index is 593. The molecule has 1 aliphatic carbocycles. The van der Waals surface area contributed by atoms with E-state index in [2.05, 4.69) is 32.9 Å². The van der Waals surface area contributed by atoms with Crippen LogP contribution in [0.2, 0.25) is 0 Å². The van der Waals surface area contributed by atoms with Crippen molar-refractivity contribution < 1.29 is 4.79 Å². The van der Waals surface area contributed by atoms with Gasteiger partial charge >= 0.3 is 0 Å². The van der Waals surface area contributed by atoms with E-state index in [4.69, 9.17) is 0 Å². The lowest BCUT2D eigenvalue weighted by Crippen LogP contribution is -2.43. The van der Waals surface area contributed by atoms with Crippen LogP contribution in [-0.2, 0) is 4.79 Å². The first kappa shape index (κ1) is 19.2. The quantitative estimate of drug-likeness (QED) is 0.524. The fourth-order valence-corrected chi connectivity index (χ4v) is 3.38. The molecular weight excluding hydrogens is 314 g/mol. The van der Waals surface area contributed by atoms with Crippen LogP contribution >= 0.6 is 0 Å². The summed E-state index contributed by atoms with van der Waals surface area (Å²) in [6, 6.07) is 5.58. The molecule has 1 saturated carbocycles. The Morgan fingerprint density at radius 2 is 2.04 bits per heavy atom. The maximum atomic E-state index is 12.0. The van der Waals surface area contributed by atoms with Gasteiger partial charge in [0.15, 0.2) is 5.96 Å². The van der Waals surface area contributed by atoms with Crippen LogP contribution in [-0.4, -0.2) is 37.0 Å². The molecule has 1 aromatic rings. The minimum atomic E-state index is -0.0538. The first-order chi connectivity index (χ1) is 12.1. The van der Waals surface area contributed by atoms with Gasteiger partial charge in [0.05, 0.1) is 0 Å². The van der Waals surface area contributed by atoms with Gasteiger partial charge in [-0.15, -0.1) is 0 Å². The SMILES string of the molecule is CCC1(CNC(=NC)NCCC(=O)Nc2cccc(C)n2)CCCC1. The lowest BCUT2D eigenvalue weighted by Gasteiger charge is -2.28. The van der Waals surface area contributed by atoms with Crippen molar-refractivity contribution in [2.24, 2.45) is 10.4 Å². The molecule has 0 bridgehead atoms. The van der Waals surface area contributed by atoms with Gasteiger partial charge in [-0.1, -0.05) is 25.8 Å². The van der Waals surface area contributed by atoms with Gasteiger partial charge in [-0.25, -0.2) is 4.98 Å². The maximum absolute atomic E-state index is 12.0. The van der Waals surface area contributed by atoms with Crippen LogP contribution in [0, 0.1) is 12.3 Å². The first-order valence-electron chi connectivity index (χ1n) is 9.25. The number of anilines is 1. The van der Waals surface area contributed by atoms with Gasteiger partial charge in [-0.2, -0.15) is 0 Å². The van der Waals surface area contributed by atoms with Crippen LogP contribution in [0.5, 0.6) is 0 Å². The second-order valence-electron chi connectivity index (χ2n) is 6.88. The zero-order valence-electron chi connectivity index (χ0n) is 15.7. The summed E-state index contributed by atoms with van der Waals surface area (Å²) in [7, 11) is 1.76. The summed E-state index contributed by atoms with van der Waals surface area (Å²) in [4.78, 5) is 20.5. The summed E-state index contributed by atoms with van der Waals surface area (Å²) in [5, 5.41) is 9.47. The number of nitrogens with zero attached hydrogens (tertiary/aromatic N) is 2. The number of aromatic nitrogens is 1. The van der Waals surface area contributed by atoms with Gasteiger partial charge < -0.3 is 16.0 Å². The first-order valence-corrected chi connectivity index (χ1v) is 9.25. The molecule has 6 nitrogen and oxygen atoms in total. The van der Waals surface area contributed by atoms with Crippen molar-refractivity contribution in [1.29, 1.82) is 0 Å². The van der Waals surface area contributed by atoms with Gasteiger partial charge in [0.2, 0.25) is 5.91 Å². The molecule has 1 aliphatic rings. The van der Waals surface area contributed by atoms with E-state index < -0.39 is 0 Å². The normalized spacial score (nSPS) is 16.5. The van der Waals surface area contributed by atoms with Gasteiger partial charge in [-0.05, 0) is 43.7 Å². The van der Waals surface area contributed by atoms with Gasteiger partial charge in [0, 0.05) is 32.3 Å². The summed E-state index contributed by atoms with van der Waals surface area (Å²) in [5.74, 6) is 1.31. The Balaban J connectivity index is 1.71. The summed E-state index contributed by atoms with van der Waals surface area (Å²) in [5.41, 5.74) is 1.29. The Morgan fingerprint density at radius 1 is 1.28 bits per heavy atom. The van der Waals surface area contributed by atoms with E-state index in [1.807, 2.05) is 19.1 Å². The number of rotatable bonds is 7. The van der Waals surface area contributed by atoms with E-state index >= 15 is 0 Å². The largest absolute Gasteiger partial charge is 0.356 e. The topological polar surface area (TPSA) is 78.4 Å². The summed E-state index contributed by atoms with van der Waals surface area (Å²) in [6.07, 6.45) is 6.81. The van der Waals surface area contributed by atoms with E-state index in [1.165, 1.54) is 32.1 Å². The van der Waals surface area contributed by atoms with Crippen molar-refractivity contribution in [2.45, 2.75) is 52.4 Å². The minimum Gasteiger partial charge on any atom is -0.356 e. The van der Waals surface area contributed by atoms with Crippen molar-refractivity contribution in [3.05, 3.63) is 23.9 Å². The molecule has 138 valence electrons. The average Bonchev–Trinajstić information content (AvgIpc) is 3.07. The lowest BCUT2D eigenvalue weighted by atomic mass is 9.83. The highest BCUT2D eigenvalue weighted by Crippen LogP contribution is 2.40. The maximum Gasteiger partial charge on any atom is 0.227 e. The zero-order valence-corrected chi connectivity index (χ0v) is 15.7. The molecule has 0 saturated heterocycles. The van der Waals surface area contributed by atoms with Crippen molar-refractivity contribution >= 4 is 17.7 Å². The molecule has 1 amide bonds. The summed E-state index contributed by atoms with van der Waals surface area (Å²) in [6.45, 7) is 5.66. The fraction of sp³-hybridized carbons (Fsp3) is 0.632. The number of carbonyl (C=O) groups is 1. The molecule has 2 rings (SSSR count). The lowest BCUT2D eigenvalue weighted by molar-refractivity contribution is -0.116. The molecule has 1 fully saturated rings. The monoisotopic (exact) mass is 345 g/mol. The van der Waals surface area contributed by atoms with Crippen LogP contribution in [0.4, 0.5) is 5.82 Å². The van der Waals surface area contributed by atoms with Crippen LogP contribution < -0.4 is 16.0 Å². The predicted molar refractivity (Wildman–Crippen MR) is 103 cm³/mol. The number of aryl methyl sites for hydroxylation is 1. The van der Waals surface area contributed by atoms with E-state index in [0.29, 0.717) is 24.2 Å². The minimum absolute atomic E-state index is 0.0538. The third-order valence-corrected chi connectivity index (χ3v) is 5.07. The van der Waals surface area contributed by atoms with E-state index in [9.17, 15) is 4.79 Å². The predicted octanol–water partition coefficient (Wildman–Crippen LogP) is 2.85. The second-order valence-corrected chi connectivity index (χ2v) is 6.88. The van der Waals surface area contributed by atoms with E-state index in [0.717, 1.165) is 18.2 Å². The van der Waals surface area contributed by atoms with Crippen molar-refractivity contribution in [2.75, 3.05) is 25.5 Å². The molecule has 1 aromatic heterocycles. The number of guanidine groups is 1. The Morgan fingerprint density at radius 3 is 2.68 bits per heavy atom. The molecule has 0 radical (unpaired) electrons. The molecule has 3 N–H and O–H groups in total. The highest BCUT2D eigenvalue weighted by Gasteiger charge is 2.31. The molecule has 0 unspecified atom stereocenters. The molecule has 0 aromatic carbocycles. The number of nitrogens with one attached hydrogen (secondary N) is 3. The Labute approximate surface area is 150 Å². The average molecular weight is 345 g/mol. The Hall–Kier alpha value is -2.11. The highest BCUT2D eigenvalue weighted by molar-refractivity contribution is 5.90. The van der Waals surface area contributed by atoms with Crippen LogP contribution in [0.15, 0.2) is 23.2 Å². The molecule has 1 heterocycles. The fourth-order valence-electron chi connectivity index (χ4n) is 3.38.